The average molecular weight is 555 g/mol. The van der Waals surface area contributed by atoms with Gasteiger partial charge in [-0.25, -0.2) is 9.07 Å². The molecule has 40 heavy (non-hydrogen) atoms. The number of likely N-dealkylation sites (tertiary alicyclic amines) is 1. The van der Waals surface area contributed by atoms with E-state index in [1.165, 1.54) is 23.9 Å². The second kappa shape index (κ2) is 10.9. The van der Waals surface area contributed by atoms with Crippen LogP contribution in [0.1, 0.15) is 40.3 Å². The molecule has 1 atom stereocenters. The first kappa shape index (κ1) is 26.3. The predicted molar refractivity (Wildman–Crippen MR) is 157 cm³/mol. The first-order chi connectivity index (χ1) is 19.4. The smallest absolute Gasteiger partial charge is 0.242 e. The molecule has 1 aromatic heterocycles. The summed E-state index contributed by atoms with van der Waals surface area (Å²) in [6.45, 7) is 5.44. The van der Waals surface area contributed by atoms with E-state index in [1.54, 1.807) is 11.0 Å². The molecule has 0 radical (unpaired) electrons. The number of fused-ring (bicyclic) bond motifs is 1. The number of hydrogen-bond donors (Lipinski definition) is 0. The van der Waals surface area contributed by atoms with E-state index in [2.05, 4.69) is 0 Å². The Bertz CT molecular complexity index is 1580. The SMILES string of the molecule is Cc1cccc(-n2nc(-c3ccccc3)c3c2N(CC(=O)N2CCCC2)C(=O)CS[C@@H]3c2cccc(F)c2)c1C. The summed E-state index contributed by atoms with van der Waals surface area (Å²) in [6, 6.07) is 22.4. The summed E-state index contributed by atoms with van der Waals surface area (Å²) in [5, 5.41) is 4.79. The van der Waals surface area contributed by atoms with Gasteiger partial charge in [0.25, 0.3) is 0 Å². The molecule has 6 nitrogen and oxygen atoms in total. The van der Waals surface area contributed by atoms with E-state index in [9.17, 15) is 14.0 Å². The molecule has 8 heteroatoms. The Hall–Kier alpha value is -3.91. The molecule has 0 N–H and O–H groups in total. The molecule has 6 rings (SSSR count). The summed E-state index contributed by atoms with van der Waals surface area (Å²) < 4.78 is 16.4. The monoisotopic (exact) mass is 554 g/mol. The van der Waals surface area contributed by atoms with Crippen LogP contribution >= 0.6 is 11.8 Å². The van der Waals surface area contributed by atoms with Gasteiger partial charge in [0.05, 0.1) is 22.4 Å². The van der Waals surface area contributed by atoms with E-state index < -0.39 is 0 Å². The van der Waals surface area contributed by atoms with Crippen molar-refractivity contribution in [1.82, 2.24) is 14.7 Å². The highest BCUT2D eigenvalue weighted by atomic mass is 32.2. The summed E-state index contributed by atoms with van der Waals surface area (Å²) in [6.07, 6.45) is 1.95. The zero-order valence-electron chi connectivity index (χ0n) is 22.6. The minimum absolute atomic E-state index is 0.0624. The van der Waals surface area contributed by atoms with Crippen molar-refractivity contribution >= 4 is 29.4 Å². The molecule has 0 spiro atoms. The van der Waals surface area contributed by atoms with Gasteiger partial charge < -0.3 is 4.90 Å². The van der Waals surface area contributed by atoms with Crippen LogP contribution in [0.5, 0.6) is 0 Å². The first-order valence-corrected chi connectivity index (χ1v) is 14.7. The van der Waals surface area contributed by atoms with E-state index in [0.29, 0.717) is 24.6 Å². The third kappa shape index (κ3) is 4.81. The minimum atomic E-state index is -0.365. The Labute approximate surface area is 237 Å². The molecule has 0 unspecified atom stereocenters. The Kier molecular flexibility index (Phi) is 7.19. The van der Waals surface area contributed by atoms with Crippen LogP contribution in [0.3, 0.4) is 0 Å². The topological polar surface area (TPSA) is 58.4 Å². The highest BCUT2D eigenvalue weighted by molar-refractivity contribution is 8.00. The van der Waals surface area contributed by atoms with Crippen molar-refractivity contribution in [2.24, 2.45) is 0 Å². The van der Waals surface area contributed by atoms with Crippen molar-refractivity contribution in [2.45, 2.75) is 31.9 Å². The molecule has 2 amide bonds. The van der Waals surface area contributed by atoms with Crippen LogP contribution in [-0.4, -0.2) is 51.9 Å². The van der Waals surface area contributed by atoms with E-state index in [0.717, 1.165) is 46.3 Å². The van der Waals surface area contributed by atoms with Gasteiger partial charge in [-0.1, -0.05) is 54.6 Å². The quantitative estimate of drug-likeness (QED) is 0.300. The lowest BCUT2D eigenvalue weighted by atomic mass is 9.99. The van der Waals surface area contributed by atoms with Crippen molar-refractivity contribution < 1.29 is 14.0 Å². The number of benzene rings is 3. The number of amides is 2. The number of hydrogen-bond acceptors (Lipinski definition) is 4. The Morgan fingerprint density at radius 3 is 2.50 bits per heavy atom. The van der Waals surface area contributed by atoms with Gasteiger partial charge in [0.15, 0.2) is 0 Å². The average Bonchev–Trinajstić information content (AvgIpc) is 3.60. The minimum Gasteiger partial charge on any atom is -0.341 e. The molecular weight excluding hydrogens is 523 g/mol. The maximum atomic E-state index is 14.5. The van der Waals surface area contributed by atoms with E-state index in [4.69, 9.17) is 5.10 Å². The molecule has 0 bridgehead atoms. The third-order valence-corrected chi connectivity index (χ3v) is 9.10. The lowest BCUT2D eigenvalue weighted by molar-refractivity contribution is -0.130. The number of carbonyl (C=O) groups excluding carboxylic acids is 2. The Morgan fingerprint density at radius 2 is 1.75 bits per heavy atom. The van der Waals surface area contributed by atoms with Crippen LogP contribution in [0.4, 0.5) is 10.2 Å². The summed E-state index contributed by atoms with van der Waals surface area (Å²) in [4.78, 5) is 30.8. The summed E-state index contributed by atoms with van der Waals surface area (Å²) in [5.41, 5.74) is 6.14. The lowest BCUT2D eigenvalue weighted by Crippen LogP contribution is -2.43. The molecule has 0 aliphatic carbocycles. The lowest BCUT2D eigenvalue weighted by Gasteiger charge is -2.26. The van der Waals surface area contributed by atoms with Crippen molar-refractivity contribution in [2.75, 3.05) is 30.3 Å². The summed E-state index contributed by atoms with van der Waals surface area (Å²) in [7, 11) is 0. The molecular formula is C32H31FN4O2S. The number of nitrogens with zero attached hydrogens (tertiary/aromatic N) is 4. The largest absolute Gasteiger partial charge is 0.341 e. The number of thioether (sulfide) groups is 1. The normalized spacial score (nSPS) is 17.2. The van der Waals surface area contributed by atoms with Gasteiger partial charge in [-0.15, -0.1) is 11.8 Å². The second-order valence-corrected chi connectivity index (χ2v) is 11.5. The van der Waals surface area contributed by atoms with Crippen molar-refractivity contribution in [3.8, 4) is 16.9 Å². The van der Waals surface area contributed by atoms with Gasteiger partial charge in [0.2, 0.25) is 11.8 Å². The van der Waals surface area contributed by atoms with Gasteiger partial charge in [-0.2, -0.15) is 5.10 Å². The maximum Gasteiger partial charge on any atom is 0.242 e. The van der Waals surface area contributed by atoms with Crippen molar-refractivity contribution in [3.05, 3.63) is 101 Å². The van der Waals surface area contributed by atoms with Crippen molar-refractivity contribution in [3.63, 3.8) is 0 Å². The number of carbonyl (C=O) groups is 2. The zero-order valence-corrected chi connectivity index (χ0v) is 23.5. The van der Waals surface area contributed by atoms with Crippen LogP contribution in [0, 0.1) is 19.7 Å². The second-order valence-electron chi connectivity index (χ2n) is 10.4. The van der Waals surface area contributed by atoms with Crippen LogP contribution in [0.25, 0.3) is 16.9 Å². The van der Waals surface area contributed by atoms with Gasteiger partial charge in [-0.3, -0.25) is 14.5 Å². The van der Waals surface area contributed by atoms with Gasteiger partial charge in [0.1, 0.15) is 18.2 Å². The molecule has 0 saturated carbocycles. The molecule has 4 aromatic rings. The number of halogens is 1. The summed E-state index contributed by atoms with van der Waals surface area (Å²) >= 11 is 1.45. The highest BCUT2D eigenvalue weighted by Crippen LogP contribution is 2.48. The van der Waals surface area contributed by atoms with Crippen LogP contribution in [0.2, 0.25) is 0 Å². The fraction of sp³-hybridized carbons (Fsp3) is 0.281. The van der Waals surface area contributed by atoms with Crippen molar-refractivity contribution in [1.29, 1.82) is 0 Å². The summed E-state index contributed by atoms with van der Waals surface area (Å²) in [5.74, 6) is 0.165. The number of anilines is 1. The fourth-order valence-electron chi connectivity index (χ4n) is 5.60. The number of aromatic nitrogens is 2. The molecule has 2 aliphatic rings. The fourth-order valence-corrected chi connectivity index (χ4v) is 6.78. The van der Waals surface area contributed by atoms with Gasteiger partial charge in [-0.05, 0) is 61.6 Å². The third-order valence-electron chi connectivity index (χ3n) is 7.84. The molecule has 1 fully saturated rings. The molecule has 3 aromatic carbocycles. The standard InChI is InChI=1S/C32H31FN4O2S/c1-21-10-8-15-26(22(21)2)37-32-29(30(34-37)23-11-4-3-5-12-23)31(24-13-9-14-25(33)18-24)40-20-28(39)36(32)19-27(38)35-16-6-7-17-35/h3-5,8-15,18,31H,6-7,16-17,19-20H2,1-2H3/t31-/m1/s1. The van der Waals surface area contributed by atoms with Crippen LogP contribution in [0.15, 0.2) is 72.8 Å². The maximum absolute atomic E-state index is 14.5. The molecule has 1 saturated heterocycles. The molecule has 2 aliphatic heterocycles. The number of rotatable bonds is 5. The molecule has 3 heterocycles. The highest BCUT2D eigenvalue weighted by Gasteiger charge is 2.38. The van der Waals surface area contributed by atoms with E-state index in [1.807, 2.05) is 78.0 Å². The predicted octanol–water partition coefficient (Wildman–Crippen LogP) is 6.09. The number of aryl methyl sites for hydroxylation is 1. The van der Waals surface area contributed by atoms with E-state index in [-0.39, 0.29) is 35.2 Å². The zero-order chi connectivity index (χ0) is 27.8. The van der Waals surface area contributed by atoms with Gasteiger partial charge >= 0.3 is 0 Å². The van der Waals surface area contributed by atoms with Gasteiger partial charge in [0, 0.05) is 24.2 Å². The first-order valence-electron chi connectivity index (χ1n) is 13.6. The molecule has 204 valence electrons. The Balaban J connectivity index is 1.63. The van der Waals surface area contributed by atoms with Crippen LogP contribution < -0.4 is 4.90 Å². The van der Waals surface area contributed by atoms with Crippen LogP contribution in [-0.2, 0) is 9.59 Å². The Morgan fingerprint density at radius 1 is 1.00 bits per heavy atom. The van der Waals surface area contributed by atoms with E-state index >= 15 is 0 Å².